The van der Waals surface area contributed by atoms with Gasteiger partial charge in [0.1, 0.15) is 5.75 Å². The fourth-order valence-corrected chi connectivity index (χ4v) is 1.85. The highest BCUT2D eigenvalue weighted by molar-refractivity contribution is 6.32. The lowest BCUT2D eigenvalue weighted by Gasteiger charge is -2.01. The number of ether oxygens (including phenoxy) is 1. The van der Waals surface area contributed by atoms with Crippen LogP contribution in [0, 0.1) is 0 Å². The summed E-state index contributed by atoms with van der Waals surface area (Å²) in [7, 11) is 1.57. The molecule has 2 rings (SSSR count). The summed E-state index contributed by atoms with van der Waals surface area (Å²) in [6.45, 7) is 0. The number of benzene rings is 2. The number of rotatable bonds is 4. The minimum atomic E-state index is -0.0844. The highest BCUT2D eigenvalue weighted by Gasteiger charge is 2.03. The Hall–Kier alpha value is -2.06. The van der Waals surface area contributed by atoms with E-state index in [1.165, 1.54) is 6.08 Å². The van der Waals surface area contributed by atoms with Gasteiger partial charge >= 0.3 is 0 Å². The first-order valence-corrected chi connectivity index (χ1v) is 6.19. The maximum atomic E-state index is 12.0. The quantitative estimate of drug-likeness (QED) is 0.614. The normalized spacial score (nSPS) is 10.6. The molecule has 0 fully saturated rings. The van der Waals surface area contributed by atoms with Crippen LogP contribution in [0.3, 0.4) is 0 Å². The molecular weight excluding hydrogens is 260 g/mol. The minimum absolute atomic E-state index is 0.0844. The molecule has 0 radical (unpaired) electrons. The summed E-state index contributed by atoms with van der Waals surface area (Å²) < 4.78 is 5.09. The van der Waals surface area contributed by atoms with Crippen LogP contribution in [0.15, 0.2) is 54.6 Å². The van der Waals surface area contributed by atoms with E-state index in [2.05, 4.69) is 0 Å². The van der Waals surface area contributed by atoms with Gasteiger partial charge in [-0.1, -0.05) is 41.9 Å². The molecule has 0 aromatic heterocycles. The fourth-order valence-electron chi connectivity index (χ4n) is 1.65. The highest BCUT2D eigenvalue weighted by Crippen LogP contribution is 2.17. The SMILES string of the molecule is COc1cccc(C(=O)/C=C/c2ccccc2Cl)c1. The summed E-state index contributed by atoms with van der Waals surface area (Å²) >= 11 is 6.02. The molecule has 2 aromatic carbocycles. The number of ketones is 1. The lowest BCUT2D eigenvalue weighted by molar-refractivity contribution is 0.104. The second-order valence-corrected chi connectivity index (χ2v) is 4.36. The Kier molecular flexibility index (Phi) is 4.37. The summed E-state index contributed by atoms with van der Waals surface area (Å²) in [5.74, 6) is 0.579. The Bertz CT molecular complexity index is 618. The Morgan fingerprint density at radius 3 is 2.68 bits per heavy atom. The number of methoxy groups -OCH3 is 1. The molecule has 96 valence electrons. The number of hydrogen-bond donors (Lipinski definition) is 0. The molecule has 0 aliphatic heterocycles. The molecule has 0 aliphatic carbocycles. The van der Waals surface area contributed by atoms with Crippen molar-refractivity contribution in [3.63, 3.8) is 0 Å². The zero-order chi connectivity index (χ0) is 13.7. The van der Waals surface area contributed by atoms with Gasteiger partial charge in [0, 0.05) is 10.6 Å². The van der Waals surface area contributed by atoms with E-state index in [1.54, 1.807) is 43.5 Å². The van der Waals surface area contributed by atoms with Crippen LogP contribution in [0.4, 0.5) is 0 Å². The van der Waals surface area contributed by atoms with Crippen LogP contribution in [0.2, 0.25) is 5.02 Å². The molecule has 0 saturated heterocycles. The summed E-state index contributed by atoms with van der Waals surface area (Å²) in [6, 6.07) is 14.4. The first-order chi connectivity index (χ1) is 9.20. The molecule has 0 N–H and O–H groups in total. The second kappa shape index (κ2) is 6.21. The maximum Gasteiger partial charge on any atom is 0.185 e. The Labute approximate surface area is 117 Å². The van der Waals surface area contributed by atoms with E-state index >= 15 is 0 Å². The molecule has 2 aromatic rings. The van der Waals surface area contributed by atoms with Gasteiger partial charge in [-0.2, -0.15) is 0 Å². The smallest absolute Gasteiger partial charge is 0.185 e. The van der Waals surface area contributed by atoms with E-state index in [9.17, 15) is 4.79 Å². The molecule has 0 spiro atoms. The van der Waals surface area contributed by atoms with Gasteiger partial charge in [0.25, 0.3) is 0 Å². The standard InChI is InChI=1S/C16H13ClO2/c1-19-14-7-4-6-13(11-14)16(18)10-9-12-5-2-3-8-15(12)17/h2-11H,1H3/b10-9+. The van der Waals surface area contributed by atoms with Gasteiger partial charge < -0.3 is 4.74 Å². The van der Waals surface area contributed by atoms with Crippen molar-refractivity contribution in [3.8, 4) is 5.75 Å². The van der Waals surface area contributed by atoms with Gasteiger partial charge in [0.15, 0.2) is 5.78 Å². The predicted molar refractivity (Wildman–Crippen MR) is 77.8 cm³/mol. The van der Waals surface area contributed by atoms with Gasteiger partial charge in [0.2, 0.25) is 0 Å². The van der Waals surface area contributed by atoms with E-state index in [-0.39, 0.29) is 5.78 Å². The Morgan fingerprint density at radius 1 is 1.16 bits per heavy atom. The molecular formula is C16H13ClO2. The third-order valence-corrected chi connectivity index (χ3v) is 3.02. The zero-order valence-electron chi connectivity index (χ0n) is 10.5. The summed E-state index contributed by atoms with van der Waals surface area (Å²) in [5.41, 5.74) is 1.41. The highest BCUT2D eigenvalue weighted by atomic mass is 35.5. The average Bonchev–Trinajstić information content (AvgIpc) is 2.46. The van der Waals surface area contributed by atoms with E-state index in [0.29, 0.717) is 16.3 Å². The monoisotopic (exact) mass is 272 g/mol. The van der Waals surface area contributed by atoms with Gasteiger partial charge in [-0.3, -0.25) is 4.79 Å². The van der Waals surface area contributed by atoms with Crippen molar-refractivity contribution in [1.29, 1.82) is 0 Å². The number of halogens is 1. The van der Waals surface area contributed by atoms with Gasteiger partial charge in [-0.05, 0) is 35.9 Å². The largest absolute Gasteiger partial charge is 0.497 e. The van der Waals surface area contributed by atoms with Crippen molar-refractivity contribution in [2.75, 3.05) is 7.11 Å². The number of hydrogen-bond acceptors (Lipinski definition) is 2. The van der Waals surface area contributed by atoms with Crippen molar-refractivity contribution >= 4 is 23.5 Å². The first kappa shape index (κ1) is 13.4. The topological polar surface area (TPSA) is 26.3 Å². The molecule has 0 aliphatic rings. The van der Waals surface area contributed by atoms with Crippen molar-refractivity contribution < 1.29 is 9.53 Å². The number of carbonyl (C=O) groups excluding carboxylic acids is 1. The molecule has 0 saturated carbocycles. The van der Waals surface area contributed by atoms with E-state index in [0.717, 1.165) is 5.56 Å². The Balaban J connectivity index is 2.19. The van der Waals surface area contributed by atoms with Gasteiger partial charge in [-0.25, -0.2) is 0 Å². The lowest BCUT2D eigenvalue weighted by Crippen LogP contribution is -1.94. The third kappa shape index (κ3) is 3.46. The molecule has 0 bridgehead atoms. The second-order valence-electron chi connectivity index (χ2n) is 3.95. The molecule has 2 nitrogen and oxygen atoms in total. The third-order valence-electron chi connectivity index (χ3n) is 2.67. The fraction of sp³-hybridized carbons (Fsp3) is 0.0625. The maximum absolute atomic E-state index is 12.0. The van der Waals surface area contributed by atoms with Crippen molar-refractivity contribution in [3.05, 3.63) is 70.8 Å². The van der Waals surface area contributed by atoms with Crippen LogP contribution in [0.5, 0.6) is 5.75 Å². The zero-order valence-corrected chi connectivity index (χ0v) is 11.2. The van der Waals surface area contributed by atoms with Gasteiger partial charge in [-0.15, -0.1) is 0 Å². The van der Waals surface area contributed by atoms with Gasteiger partial charge in [0.05, 0.1) is 7.11 Å². The molecule has 0 atom stereocenters. The van der Waals surface area contributed by atoms with E-state index in [1.807, 2.05) is 18.2 Å². The van der Waals surface area contributed by atoms with Crippen LogP contribution in [0.25, 0.3) is 6.08 Å². The Morgan fingerprint density at radius 2 is 1.95 bits per heavy atom. The van der Waals surface area contributed by atoms with Crippen LogP contribution in [-0.4, -0.2) is 12.9 Å². The lowest BCUT2D eigenvalue weighted by atomic mass is 10.1. The minimum Gasteiger partial charge on any atom is -0.497 e. The first-order valence-electron chi connectivity index (χ1n) is 5.81. The molecule has 0 unspecified atom stereocenters. The molecule has 19 heavy (non-hydrogen) atoms. The van der Waals surface area contributed by atoms with Crippen molar-refractivity contribution in [2.45, 2.75) is 0 Å². The van der Waals surface area contributed by atoms with E-state index in [4.69, 9.17) is 16.3 Å². The summed E-state index contributed by atoms with van der Waals surface area (Å²) in [4.78, 5) is 12.0. The van der Waals surface area contributed by atoms with E-state index < -0.39 is 0 Å². The van der Waals surface area contributed by atoms with Crippen LogP contribution < -0.4 is 4.74 Å². The molecule has 3 heteroatoms. The van der Waals surface area contributed by atoms with Crippen molar-refractivity contribution in [1.82, 2.24) is 0 Å². The molecule has 0 heterocycles. The average molecular weight is 273 g/mol. The van der Waals surface area contributed by atoms with Crippen LogP contribution >= 0.6 is 11.6 Å². The summed E-state index contributed by atoms with van der Waals surface area (Å²) in [5, 5.41) is 0.622. The van der Waals surface area contributed by atoms with Crippen molar-refractivity contribution in [2.24, 2.45) is 0 Å². The molecule has 0 amide bonds. The van der Waals surface area contributed by atoms with Crippen LogP contribution in [-0.2, 0) is 0 Å². The number of allylic oxidation sites excluding steroid dienone is 1. The number of carbonyl (C=O) groups is 1. The predicted octanol–water partition coefficient (Wildman–Crippen LogP) is 4.24. The summed E-state index contributed by atoms with van der Waals surface area (Å²) in [6.07, 6.45) is 3.22. The van der Waals surface area contributed by atoms with Crippen LogP contribution in [0.1, 0.15) is 15.9 Å².